The van der Waals surface area contributed by atoms with Gasteiger partial charge in [-0.1, -0.05) is 30.3 Å². The molecule has 5 nitrogen and oxygen atoms in total. The first kappa shape index (κ1) is 9.17. The summed E-state index contributed by atoms with van der Waals surface area (Å²) >= 11 is 5.14. The molecule has 3 aromatic rings. The number of aromatic nitrogens is 5. The Bertz CT molecular complexity index is 685. The summed E-state index contributed by atoms with van der Waals surface area (Å²) in [4.78, 5) is 12.6. The highest BCUT2D eigenvalue weighted by Crippen LogP contribution is 2.13. The topological polar surface area (TPSA) is 58.9 Å². The highest BCUT2D eigenvalue weighted by molar-refractivity contribution is 7.71. The number of benzene rings is 1. The fourth-order valence-electron chi connectivity index (χ4n) is 1.46. The summed E-state index contributed by atoms with van der Waals surface area (Å²) in [6.45, 7) is 0. The van der Waals surface area contributed by atoms with E-state index in [0.717, 1.165) is 5.56 Å². The molecule has 0 bridgehead atoms. The predicted molar refractivity (Wildman–Crippen MR) is 61.4 cm³/mol. The van der Waals surface area contributed by atoms with Crippen molar-refractivity contribution < 1.29 is 0 Å². The Morgan fingerprint density at radius 3 is 2.75 bits per heavy atom. The standard InChI is InChI=1S/C10H7N5S/c16-10-14-8(7-4-2-1-3-5-7)13-9-11-6-12-15(9)10/h1-6H,(H,11,12,13,14,16). The van der Waals surface area contributed by atoms with Gasteiger partial charge in [-0.05, 0) is 12.2 Å². The van der Waals surface area contributed by atoms with Gasteiger partial charge >= 0.3 is 0 Å². The maximum Gasteiger partial charge on any atom is 0.255 e. The van der Waals surface area contributed by atoms with Crippen LogP contribution in [-0.2, 0) is 0 Å². The summed E-state index contributed by atoms with van der Waals surface area (Å²) in [6, 6.07) is 9.69. The zero-order valence-electron chi connectivity index (χ0n) is 8.16. The van der Waals surface area contributed by atoms with Crippen molar-refractivity contribution in [3.8, 4) is 11.4 Å². The van der Waals surface area contributed by atoms with E-state index in [-0.39, 0.29) is 0 Å². The Kier molecular flexibility index (Phi) is 2.00. The summed E-state index contributed by atoms with van der Waals surface area (Å²) in [7, 11) is 0. The first-order valence-electron chi connectivity index (χ1n) is 4.70. The number of nitrogens with one attached hydrogen (secondary N) is 1. The minimum atomic E-state index is 0.418. The average molecular weight is 229 g/mol. The van der Waals surface area contributed by atoms with Crippen LogP contribution in [0.15, 0.2) is 36.7 Å². The molecule has 78 valence electrons. The highest BCUT2D eigenvalue weighted by atomic mass is 32.1. The molecule has 0 aliphatic heterocycles. The molecule has 0 unspecified atom stereocenters. The van der Waals surface area contributed by atoms with Crippen molar-refractivity contribution >= 4 is 18.0 Å². The largest absolute Gasteiger partial charge is 0.278 e. The van der Waals surface area contributed by atoms with E-state index in [2.05, 4.69) is 20.1 Å². The summed E-state index contributed by atoms with van der Waals surface area (Å²) in [6.07, 6.45) is 1.54. The third-order valence-electron chi connectivity index (χ3n) is 2.20. The third kappa shape index (κ3) is 1.40. The van der Waals surface area contributed by atoms with Crippen LogP contribution in [-0.4, -0.2) is 24.6 Å². The normalized spacial score (nSPS) is 10.8. The molecule has 0 aliphatic rings. The number of hydrogen-bond acceptors (Lipinski definition) is 4. The van der Waals surface area contributed by atoms with Crippen molar-refractivity contribution in [1.29, 1.82) is 0 Å². The van der Waals surface area contributed by atoms with Crippen LogP contribution in [0.2, 0.25) is 0 Å². The number of nitrogens with zero attached hydrogens (tertiary/aromatic N) is 4. The Hall–Kier alpha value is -2.08. The molecule has 0 radical (unpaired) electrons. The van der Waals surface area contributed by atoms with Crippen LogP contribution in [0.5, 0.6) is 0 Å². The zero-order valence-corrected chi connectivity index (χ0v) is 8.98. The van der Waals surface area contributed by atoms with Gasteiger partial charge in [-0.3, -0.25) is 5.10 Å². The van der Waals surface area contributed by atoms with Crippen LogP contribution >= 0.6 is 12.2 Å². The van der Waals surface area contributed by atoms with Gasteiger partial charge in [0.2, 0.25) is 4.77 Å². The van der Waals surface area contributed by atoms with E-state index in [9.17, 15) is 0 Å². The van der Waals surface area contributed by atoms with Crippen molar-refractivity contribution in [3.05, 3.63) is 41.4 Å². The van der Waals surface area contributed by atoms with Gasteiger partial charge in [0.1, 0.15) is 6.33 Å². The summed E-state index contributed by atoms with van der Waals surface area (Å²) in [5, 5.41) is 2.84. The van der Waals surface area contributed by atoms with Gasteiger partial charge in [0.05, 0.1) is 0 Å². The molecular formula is C10H7N5S. The monoisotopic (exact) mass is 229 g/mol. The fourth-order valence-corrected chi connectivity index (χ4v) is 1.68. The second-order valence-electron chi connectivity index (χ2n) is 3.22. The lowest BCUT2D eigenvalue weighted by Crippen LogP contribution is -1.98. The van der Waals surface area contributed by atoms with E-state index in [4.69, 9.17) is 12.2 Å². The molecule has 0 spiro atoms. The molecule has 0 saturated carbocycles. The van der Waals surface area contributed by atoms with Gasteiger partial charge in [-0.15, -0.1) is 0 Å². The predicted octanol–water partition coefficient (Wildman–Crippen LogP) is 1.85. The highest BCUT2D eigenvalue weighted by Gasteiger charge is 2.04. The fraction of sp³-hybridized carbons (Fsp3) is 0. The molecule has 1 aromatic carbocycles. The van der Waals surface area contributed by atoms with E-state index in [1.54, 1.807) is 4.52 Å². The summed E-state index contributed by atoms with van der Waals surface area (Å²) in [5.74, 6) is 1.12. The molecule has 0 atom stereocenters. The van der Waals surface area contributed by atoms with Crippen LogP contribution in [0.1, 0.15) is 0 Å². The van der Waals surface area contributed by atoms with Crippen LogP contribution in [0.4, 0.5) is 0 Å². The lowest BCUT2D eigenvalue weighted by atomic mass is 10.2. The number of aromatic amines is 1. The van der Waals surface area contributed by atoms with Gasteiger partial charge in [0, 0.05) is 5.56 Å². The maximum atomic E-state index is 5.14. The first-order chi connectivity index (χ1) is 7.84. The van der Waals surface area contributed by atoms with Crippen LogP contribution in [0.3, 0.4) is 0 Å². The van der Waals surface area contributed by atoms with E-state index < -0.39 is 0 Å². The number of H-pyrrole nitrogens is 1. The van der Waals surface area contributed by atoms with Gasteiger partial charge in [0.15, 0.2) is 5.82 Å². The Balaban J connectivity index is 2.30. The van der Waals surface area contributed by atoms with Crippen molar-refractivity contribution in [2.45, 2.75) is 0 Å². The number of fused-ring (bicyclic) bond motifs is 1. The van der Waals surface area contributed by atoms with Crippen LogP contribution in [0.25, 0.3) is 17.2 Å². The molecular weight excluding hydrogens is 222 g/mol. The van der Waals surface area contributed by atoms with Crippen molar-refractivity contribution in [3.63, 3.8) is 0 Å². The van der Waals surface area contributed by atoms with Gasteiger partial charge in [-0.2, -0.15) is 14.5 Å². The minimum Gasteiger partial charge on any atom is -0.278 e. The first-order valence-corrected chi connectivity index (χ1v) is 5.11. The zero-order chi connectivity index (χ0) is 11.0. The van der Waals surface area contributed by atoms with E-state index >= 15 is 0 Å². The number of rotatable bonds is 1. The molecule has 2 heterocycles. The molecule has 16 heavy (non-hydrogen) atoms. The smallest absolute Gasteiger partial charge is 0.255 e. The quantitative estimate of drug-likeness (QED) is 0.647. The van der Waals surface area contributed by atoms with Crippen LogP contribution < -0.4 is 0 Å². The Labute approximate surface area is 95.8 Å². The SMILES string of the molecule is S=c1nc(-c2ccccc2)nc2nc[nH]n12. The van der Waals surface area contributed by atoms with Gasteiger partial charge in [0.25, 0.3) is 5.78 Å². The second kappa shape index (κ2) is 3.49. The molecule has 3 rings (SSSR count). The van der Waals surface area contributed by atoms with E-state index in [1.165, 1.54) is 6.33 Å². The third-order valence-corrected chi connectivity index (χ3v) is 2.47. The van der Waals surface area contributed by atoms with Crippen LogP contribution in [0, 0.1) is 4.77 Å². The van der Waals surface area contributed by atoms with Crippen molar-refractivity contribution in [2.75, 3.05) is 0 Å². The average Bonchev–Trinajstić information content (AvgIpc) is 2.79. The Morgan fingerprint density at radius 1 is 1.12 bits per heavy atom. The maximum absolute atomic E-state index is 5.14. The summed E-state index contributed by atoms with van der Waals surface area (Å²) in [5.41, 5.74) is 0.930. The van der Waals surface area contributed by atoms with E-state index in [0.29, 0.717) is 16.4 Å². The van der Waals surface area contributed by atoms with Gasteiger partial charge in [-0.25, -0.2) is 4.98 Å². The van der Waals surface area contributed by atoms with E-state index in [1.807, 2.05) is 30.3 Å². The lowest BCUT2D eigenvalue weighted by Gasteiger charge is -1.99. The molecule has 0 saturated heterocycles. The van der Waals surface area contributed by atoms with Gasteiger partial charge < -0.3 is 0 Å². The molecule has 0 amide bonds. The van der Waals surface area contributed by atoms with Crippen molar-refractivity contribution in [2.24, 2.45) is 0 Å². The molecule has 1 N–H and O–H groups in total. The molecule has 0 fully saturated rings. The molecule has 6 heteroatoms. The number of hydrogen-bond donors (Lipinski definition) is 1. The molecule has 0 aliphatic carbocycles. The second-order valence-corrected chi connectivity index (χ2v) is 3.58. The minimum absolute atomic E-state index is 0.418. The summed E-state index contributed by atoms with van der Waals surface area (Å²) < 4.78 is 1.98. The lowest BCUT2D eigenvalue weighted by molar-refractivity contribution is 0.875. The van der Waals surface area contributed by atoms with Crippen molar-refractivity contribution in [1.82, 2.24) is 24.6 Å². The molecule has 2 aromatic heterocycles. The Morgan fingerprint density at radius 2 is 1.94 bits per heavy atom.